The van der Waals surface area contributed by atoms with Crippen LogP contribution in [0, 0.1) is 17.8 Å². The summed E-state index contributed by atoms with van der Waals surface area (Å²) in [6.45, 7) is 5.90. The van der Waals surface area contributed by atoms with Crippen LogP contribution in [0.3, 0.4) is 0 Å². The number of rotatable bonds is 2. The van der Waals surface area contributed by atoms with Gasteiger partial charge in [-0.15, -0.1) is 0 Å². The zero-order valence-electron chi connectivity index (χ0n) is 8.67. The maximum absolute atomic E-state index is 11.7. The van der Waals surface area contributed by atoms with Gasteiger partial charge >= 0.3 is 0 Å². The van der Waals surface area contributed by atoms with Gasteiger partial charge in [-0.3, -0.25) is 9.59 Å². The van der Waals surface area contributed by atoms with Crippen molar-refractivity contribution in [3.8, 4) is 0 Å². The third kappa shape index (κ3) is 2.39. The van der Waals surface area contributed by atoms with Gasteiger partial charge in [0.25, 0.3) is 0 Å². The maximum atomic E-state index is 11.7. The van der Waals surface area contributed by atoms with Gasteiger partial charge in [-0.25, -0.2) is 0 Å². The smallest absolute Gasteiger partial charge is 0.139 e. The van der Waals surface area contributed by atoms with Crippen molar-refractivity contribution in [2.24, 2.45) is 17.8 Å². The van der Waals surface area contributed by atoms with E-state index in [-0.39, 0.29) is 23.4 Å². The van der Waals surface area contributed by atoms with E-state index in [1.54, 1.807) is 0 Å². The number of hydrogen-bond donors (Lipinski definition) is 0. The van der Waals surface area contributed by atoms with Crippen LogP contribution in [0.4, 0.5) is 0 Å². The van der Waals surface area contributed by atoms with Crippen molar-refractivity contribution in [3.63, 3.8) is 0 Å². The van der Waals surface area contributed by atoms with Gasteiger partial charge in [-0.2, -0.15) is 0 Å². The van der Waals surface area contributed by atoms with Gasteiger partial charge in [0.15, 0.2) is 0 Å². The summed E-state index contributed by atoms with van der Waals surface area (Å²) in [6.07, 6.45) is 2.04. The predicted octanol–water partition coefficient (Wildman–Crippen LogP) is 2.22. The van der Waals surface area contributed by atoms with Crippen molar-refractivity contribution in [3.05, 3.63) is 0 Å². The predicted molar refractivity (Wildman–Crippen MR) is 51.4 cm³/mol. The highest BCUT2D eigenvalue weighted by atomic mass is 16.1. The number of carbonyl (C=O) groups excluding carboxylic acids is 2. The first-order valence-electron chi connectivity index (χ1n) is 5.07. The Hall–Kier alpha value is -0.660. The van der Waals surface area contributed by atoms with E-state index >= 15 is 0 Å². The fraction of sp³-hybridized carbons (Fsp3) is 0.818. The molecule has 2 atom stereocenters. The van der Waals surface area contributed by atoms with Crippen LogP contribution in [-0.4, -0.2) is 11.6 Å². The van der Waals surface area contributed by atoms with Crippen molar-refractivity contribution in [2.75, 3.05) is 0 Å². The molecule has 0 aromatic carbocycles. The quantitative estimate of drug-likeness (QED) is 0.656. The molecule has 1 fully saturated rings. The third-order valence-electron chi connectivity index (χ3n) is 2.95. The summed E-state index contributed by atoms with van der Waals surface area (Å²) >= 11 is 0. The lowest BCUT2D eigenvalue weighted by molar-refractivity contribution is -0.134. The van der Waals surface area contributed by atoms with Crippen LogP contribution in [0.2, 0.25) is 0 Å². The second kappa shape index (κ2) is 4.03. The second-order valence-corrected chi connectivity index (χ2v) is 4.42. The molecule has 1 saturated carbocycles. The molecule has 0 bridgehead atoms. The molecule has 0 amide bonds. The zero-order chi connectivity index (χ0) is 10.0. The van der Waals surface area contributed by atoms with Crippen LogP contribution in [0.15, 0.2) is 0 Å². The molecule has 13 heavy (non-hydrogen) atoms. The average Bonchev–Trinajstić information content (AvgIpc) is 2.08. The van der Waals surface area contributed by atoms with Crippen LogP contribution in [0.5, 0.6) is 0 Å². The summed E-state index contributed by atoms with van der Waals surface area (Å²) in [7, 11) is 0. The minimum Gasteiger partial charge on any atom is -0.300 e. The van der Waals surface area contributed by atoms with E-state index in [1.165, 1.54) is 0 Å². The van der Waals surface area contributed by atoms with E-state index in [2.05, 4.69) is 6.92 Å². The topological polar surface area (TPSA) is 34.1 Å². The summed E-state index contributed by atoms with van der Waals surface area (Å²) in [5, 5.41) is 0. The molecule has 1 aliphatic carbocycles. The van der Waals surface area contributed by atoms with Crippen LogP contribution in [0.25, 0.3) is 0 Å². The molecule has 0 aliphatic heterocycles. The Labute approximate surface area is 79.7 Å². The first kappa shape index (κ1) is 10.4. The molecule has 2 nitrogen and oxygen atoms in total. The number of carbonyl (C=O) groups is 2. The molecule has 0 saturated heterocycles. The largest absolute Gasteiger partial charge is 0.300 e. The highest BCUT2D eigenvalue weighted by Crippen LogP contribution is 2.29. The fourth-order valence-electron chi connectivity index (χ4n) is 1.95. The molecule has 0 radical (unpaired) electrons. The van der Waals surface area contributed by atoms with Gasteiger partial charge in [-0.05, 0) is 12.3 Å². The lowest BCUT2D eigenvalue weighted by Gasteiger charge is -2.27. The number of hydrogen-bond acceptors (Lipinski definition) is 2. The SMILES string of the molecule is CC(C)C(=O)C1CC(=O)CCC1C. The van der Waals surface area contributed by atoms with Gasteiger partial charge in [0.05, 0.1) is 0 Å². The molecular weight excluding hydrogens is 164 g/mol. The Morgan fingerprint density at radius 3 is 2.62 bits per heavy atom. The third-order valence-corrected chi connectivity index (χ3v) is 2.95. The van der Waals surface area contributed by atoms with Gasteiger partial charge in [0, 0.05) is 24.7 Å². The van der Waals surface area contributed by atoms with E-state index in [0.717, 1.165) is 6.42 Å². The minimum atomic E-state index is 0.00116. The van der Waals surface area contributed by atoms with Crippen molar-refractivity contribution in [2.45, 2.75) is 40.0 Å². The summed E-state index contributed by atoms with van der Waals surface area (Å²) in [4.78, 5) is 22.9. The Morgan fingerprint density at radius 1 is 1.46 bits per heavy atom. The Balaban J connectivity index is 2.65. The normalized spacial score (nSPS) is 29.4. The second-order valence-electron chi connectivity index (χ2n) is 4.42. The Kier molecular flexibility index (Phi) is 3.23. The Bertz CT molecular complexity index is 218. The lowest BCUT2D eigenvalue weighted by atomic mass is 9.75. The van der Waals surface area contributed by atoms with Crippen molar-refractivity contribution < 1.29 is 9.59 Å². The van der Waals surface area contributed by atoms with Crippen LogP contribution < -0.4 is 0 Å². The van der Waals surface area contributed by atoms with Crippen LogP contribution in [-0.2, 0) is 9.59 Å². The van der Waals surface area contributed by atoms with Gasteiger partial charge in [0.1, 0.15) is 11.6 Å². The Morgan fingerprint density at radius 2 is 2.08 bits per heavy atom. The molecule has 74 valence electrons. The molecule has 1 rings (SSSR count). The van der Waals surface area contributed by atoms with E-state index in [1.807, 2.05) is 13.8 Å². The summed E-state index contributed by atoms with van der Waals surface area (Å²) in [5.41, 5.74) is 0. The molecule has 0 aromatic rings. The number of Topliss-reactive ketones (excluding diaryl/α,β-unsaturated/α-hetero) is 2. The molecular formula is C11H18O2. The van der Waals surface area contributed by atoms with Crippen LogP contribution >= 0.6 is 0 Å². The van der Waals surface area contributed by atoms with Gasteiger partial charge in [0.2, 0.25) is 0 Å². The van der Waals surface area contributed by atoms with E-state index in [0.29, 0.717) is 18.8 Å². The van der Waals surface area contributed by atoms with Crippen molar-refractivity contribution in [1.29, 1.82) is 0 Å². The summed E-state index contributed by atoms with van der Waals surface area (Å²) < 4.78 is 0. The molecule has 2 unspecified atom stereocenters. The molecule has 1 aliphatic rings. The zero-order valence-corrected chi connectivity index (χ0v) is 8.67. The van der Waals surface area contributed by atoms with Gasteiger partial charge in [-0.1, -0.05) is 20.8 Å². The van der Waals surface area contributed by atoms with Crippen molar-refractivity contribution >= 4 is 11.6 Å². The minimum absolute atomic E-state index is 0.00116. The first-order valence-corrected chi connectivity index (χ1v) is 5.07. The van der Waals surface area contributed by atoms with Crippen molar-refractivity contribution in [1.82, 2.24) is 0 Å². The van der Waals surface area contributed by atoms with E-state index in [4.69, 9.17) is 0 Å². The fourth-order valence-corrected chi connectivity index (χ4v) is 1.95. The first-order chi connectivity index (χ1) is 6.02. The molecule has 0 spiro atoms. The van der Waals surface area contributed by atoms with E-state index in [9.17, 15) is 9.59 Å². The molecule has 0 N–H and O–H groups in total. The van der Waals surface area contributed by atoms with E-state index < -0.39 is 0 Å². The summed E-state index contributed by atoms with van der Waals surface area (Å²) in [6, 6.07) is 0. The highest BCUT2D eigenvalue weighted by Gasteiger charge is 2.32. The lowest BCUT2D eigenvalue weighted by Crippen LogP contribution is -2.32. The standard InChI is InChI=1S/C11H18O2/c1-7(2)11(13)10-6-9(12)5-4-8(10)3/h7-8,10H,4-6H2,1-3H3. The molecule has 2 heteroatoms. The van der Waals surface area contributed by atoms with Gasteiger partial charge < -0.3 is 0 Å². The highest BCUT2D eigenvalue weighted by molar-refractivity contribution is 5.90. The average molecular weight is 182 g/mol. The number of ketones is 2. The molecule has 0 aromatic heterocycles. The maximum Gasteiger partial charge on any atom is 0.139 e. The summed E-state index contributed by atoms with van der Waals surface area (Å²) in [5.74, 6) is 0.991. The van der Waals surface area contributed by atoms with Crippen LogP contribution in [0.1, 0.15) is 40.0 Å². The monoisotopic (exact) mass is 182 g/mol. The molecule has 0 heterocycles.